The molecule has 8 nitrogen and oxygen atoms in total. The number of aromatic nitrogens is 2. The number of carbonyl (C=O) groups is 1. The Hall–Kier alpha value is -2.98. The average molecular weight is 536 g/mol. The summed E-state index contributed by atoms with van der Waals surface area (Å²) in [4.78, 5) is 14.5. The zero-order valence-corrected chi connectivity index (χ0v) is 24.0. The fraction of sp³-hybridized carbons (Fsp3) is 0.481. The van der Waals surface area contributed by atoms with Gasteiger partial charge >= 0.3 is 0 Å². The maximum atomic E-state index is 14.5. The van der Waals surface area contributed by atoms with Gasteiger partial charge in [0, 0.05) is 36.0 Å². The first kappa shape index (κ1) is 32.0. The van der Waals surface area contributed by atoms with Gasteiger partial charge in [0.05, 0.1) is 25.0 Å². The van der Waals surface area contributed by atoms with Gasteiger partial charge < -0.3 is 10.2 Å². The standard InChI is InChI=1S/C19H24FN5O3S.C6H12.C2H6/c1-4-7-29(27,28)22-10-15-6-5-14(8-17(15)20)19(26)25-11-13(2)23-18-16(12-25)9-21-24(18)3;1-4-5-6(2)3;1-2/h5-6,8-9,22-23H,2,4,7,10-12H2,1,3H3;5H,4H2,1-3H3;1-2H3. The fourth-order valence-corrected chi connectivity index (χ4v) is 4.60. The first-order valence-electron chi connectivity index (χ1n) is 12.6. The number of sulfonamides is 1. The molecule has 0 spiro atoms. The first-order chi connectivity index (χ1) is 17.5. The van der Waals surface area contributed by atoms with Gasteiger partial charge in [-0.15, -0.1) is 0 Å². The van der Waals surface area contributed by atoms with Crippen molar-refractivity contribution in [2.75, 3.05) is 17.6 Å². The third kappa shape index (κ3) is 10.1. The van der Waals surface area contributed by atoms with Crippen molar-refractivity contribution in [1.29, 1.82) is 0 Å². The Labute approximate surface area is 221 Å². The molecule has 2 heterocycles. The number of hydrogen-bond donors (Lipinski definition) is 2. The maximum absolute atomic E-state index is 14.5. The number of allylic oxidation sites excluding steroid dienone is 2. The van der Waals surface area contributed by atoms with Gasteiger partial charge in [0.1, 0.15) is 11.6 Å². The summed E-state index contributed by atoms with van der Waals surface area (Å²) in [6.45, 7) is 16.5. The molecule has 0 fully saturated rings. The number of halogens is 1. The molecule has 2 aromatic rings. The summed E-state index contributed by atoms with van der Waals surface area (Å²) in [6, 6.07) is 4.06. The van der Waals surface area contributed by atoms with Crippen molar-refractivity contribution in [2.24, 2.45) is 7.05 Å². The molecule has 10 heteroatoms. The van der Waals surface area contributed by atoms with Gasteiger partial charge in [0.25, 0.3) is 5.91 Å². The number of amides is 1. The van der Waals surface area contributed by atoms with Gasteiger partial charge in [-0.2, -0.15) is 5.10 Å². The van der Waals surface area contributed by atoms with Gasteiger partial charge in [0.15, 0.2) is 0 Å². The van der Waals surface area contributed by atoms with Crippen LogP contribution < -0.4 is 10.0 Å². The van der Waals surface area contributed by atoms with E-state index in [1.807, 2.05) is 13.8 Å². The number of carbonyl (C=O) groups excluding carboxylic acids is 1. The second kappa shape index (κ2) is 15.3. The molecule has 0 radical (unpaired) electrons. The minimum Gasteiger partial charge on any atom is -0.343 e. The van der Waals surface area contributed by atoms with Crippen molar-refractivity contribution < 1.29 is 17.6 Å². The minimum absolute atomic E-state index is 0.0194. The van der Waals surface area contributed by atoms with Gasteiger partial charge in [-0.1, -0.05) is 52.0 Å². The van der Waals surface area contributed by atoms with Crippen molar-refractivity contribution in [3.63, 3.8) is 0 Å². The second-order valence-electron chi connectivity index (χ2n) is 8.67. The summed E-state index contributed by atoms with van der Waals surface area (Å²) >= 11 is 0. The molecule has 1 aliphatic rings. The van der Waals surface area contributed by atoms with Gasteiger partial charge in [-0.05, 0) is 38.8 Å². The van der Waals surface area contributed by atoms with E-state index in [1.165, 1.54) is 24.1 Å². The SMILES string of the molecule is C=C1CN(C(=O)c2ccc(CNS(=O)(=O)CCC)c(F)c2)Cc2cnn(C)c2N1.CC.CCC=C(C)C. The lowest BCUT2D eigenvalue weighted by molar-refractivity contribution is 0.0760. The van der Waals surface area contributed by atoms with E-state index < -0.39 is 15.8 Å². The van der Waals surface area contributed by atoms with E-state index >= 15 is 0 Å². The van der Waals surface area contributed by atoms with Crippen molar-refractivity contribution in [3.8, 4) is 0 Å². The summed E-state index contributed by atoms with van der Waals surface area (Å²) in [5.41, 5.74) is 3.24. The summed E-state index contributed by atoms with van der Waals surface area (Å²) in [5, 5.41) is 7.32. The quantitative estimate of drug-likeness (QED) is 0.466. The fourth-order valence-electron chi connectivity index (χ4n) is 3.55. The summed E-state index contributed by atoms with van der Waals surface area (Å²) in [6.07, 6.45) is 5.52. The van der Waals surface area contributed by atoms with E-state index in [0.29, 0.717) is 18.7 Å². The predicted molar refractivity (Wildman–Crippen MR) is 149 cm³/mol. The third-order valence-corrected chi connectivity index (χ3v) is 6.74. The highest BCUT2D eigenvalue weighted by atomic mass is 32.2. The molecule has 0 saturated carbocycles. The highest BCUT2D eigenvalue weighted by Crippen LogP contribution is 2.24. The highest BCUT2D eigenvalue weighted by molar-refractivity contribution is 7.89. The Morgan fingerprint density at radius 3 is 2.46 bits per heavy atom. The van der Waals surface area contributed by atoms with Crippen LogP contribution in [0.4, 0.5) is 10.2 Å². The average Bonchev–Trinajstić information content (AvgIpc) is 3.07. The Morgan fingerprint density at radius 2 is 1.92 bits per heavy atom. The third-order valence-electron chi connectivity index (χ3n) is 5.21. The number of benzene rings is 1. The summed E-state index contributed by atoms with van der Waals surface area (Å²) < 4.78 is 42.0. The van der Waals surface area contributed by atoms with Crippen molar-refractivity contribution in [3.05, 3.63) is 70.8 Å². The number of hydrogen-bond acceptors (Lipinski definition) is 5. The van der Waals surface area contributed by atoms with E-state index in [4.69, 9.17) is 0 Å². The molecule has 0 unspecified atom stereocenters. The predicted octanol–water partition coefficient (Wildman–Crippen LogP) is 5.36. The topological polar surface area (TPSA) is 96.3 Å². The molecule has 37 heavy (non-hydrogen) atoms. The molecule has 0 bridgehead atoms. The number of anilines is 1. The minimum atomic E-state index is -3.44. The molecule has 0 aliphatic carbocycles. The van der Waals surface area contributed by atoms with Gasteiger partial charge in [-0.25, -0.2) is 17.5 Å². The number of fused-ring (bicyclic) bond motifs is 1. The van der Waals surface area contributed by atoms with E-state index in [1.54, 1.807) is 29.7 Å². The monoisotopic (exact) mass is 535 g/mol. The maximum Gasteiger partial charge on any atom is 0.254 e. The Morgan fingerprint density at radius 1 is 1.24 bits per heavy atom. The van der Waals surface area contributed by atoms with Crippen LogP contribution in [0.3, 0.4) is 0 Å². The number of nitrogens with zero attached hydrogens (tertiary/aromatic N) is 3. The molecular weight excluding hydrogens is 493 g/mol. The normalized spacial score (nSPS) is 12.6. The van der Waals surface area contributed by atoms with Crippen LogP contribution in [-0.2, 0) is 30.2 Å². The Bertz CT molecular complexity index is 1180. The number of rotatable bonds is 7. The van der Waals surface area contributed by atoms with Crippen LogP contribution >= 0.6 is 0 Å². The van der Waals surface area contributed by atoms with E-state index in [2.05, 4.69) is 48.6 Å². The summed E-state index contributed by atoms with van der Waals surface area (Å²) in [5.74, 6) is -0.231. The number of aryl methyl sites for hydroxylation is 1. The van der Waals surface area contributed by atoms with Crippen LogP contribution in [0, 0.1) is 5.82 Å². The molecule has 206 valence electrons. The second-order valence-corrected chi connectivity index (χ2v) is 10.6. The summed E-state index contributed by atoms with van der Waals surface area (Å²) in [7, 11) is -1.65. The molecule has 3 rings (SSSR count). The lowest BCUT2D eigenvalue weighted by atomic mass is 10.1. The van der Waals surface area contributed by atoms with Crippen LogP contribution in [-0.4, -0.2) is 41.3 Å². The largest absolute Gasteiger partial charge is 0.343 e. The zero-order valence-electron chi connectivity index (χ0n) is 23.2. The highest BCUT2D eigenvalue weighted by Gasteiger charge is 2.24. The molecule has 1 amide bonds. The van der Waals surface area contributed by atoms with Crippen molar-refractivity contribution in [1.82, 2.24) is 19.4 Å². The molecule has 0 atom stereocenters. The van der Waals surface area contributed by atoms with E-state index in [9.17, 15) is 17.6 Å². The van der Waals surface area contributed by atoms with Gasteiger partial charge in [0.2, 0.25) is 10.0 Å². The molecule has 1 aromatic carbocycles. The molecular formula is C27H42FN5O3S. The molecule has 1 aromatic heterocycles. The van der Waals surface area contributed by atoms with Crippen LogP contribution in [0.15, 0.2) is 48.3 Å². The number of nitrogens with one attached hydrogen (secondary N) is 2. The van der Waals surface area contributed by atoms with Crippen LogP contribution in [0.25, 0.3) is 0 Å². The van der Waals surface area contributed by atoms with Gasteiger partial charge in [-0.3, -0.25) is 9.48 Å². The smallest absolute Gasteiger partial charge is 0.254 e. The Balaban J connectivity index is 0.000000752. The molecule has 2 N–H and O–H groups in total. The zero-order chi connectivity index (χ0) is 28.2. The molecule has 0 saturated heterocycles. The lowest BCUT2D eigenvalue weighted by Gasteiger charge is -2.21. The van der Waals surface area contributed by atoms with E-state index in [0.717, 1.165) is 17.4 Å². The van der Waals surface area contributed by atoms with Crippen LogP contribution in [0.5, 0.6) is 0 Å². The van der Waals surface area contributed by atoms with E-state index in [-0.39, 0.29) is 35.9 Å². The van der Waals surface area contributed by atoms with Crippen molar-refractivity contribution in [2.45, 2.75) is 67.5 Å². The lowest BCUT2D eigenvalue weighted by Crippen LogP contribution is -2.32. The van der Waals surface area contributed by atoms with Crippen LogP contribution in [0.2, 0.25) is 0 Å². The van der Waals surface area contributed by atoms with Crippen molar-refractivity contribution >= 4 is 21.7 Å². The first-order valence-corrected chi connectivity index (χ1v) is 14.3. The Kier molecular flexibility index (Phi) is 13.3. The molecule has 1 aliphatic heterocycles. The van der Waals surface area contributed by atoms with Crippen LogP contribution in [0.1, 0.15) is 75.9 Å².